The number of carbonyl (C=O) groups excluding carboxylic acids is 1. The average Bonchev–Trinajstić information content (AvgIpc) is 3.05. The first-order valence-corrected chi connectivity index (χ1v) is 10.2. The van der Waals surface area contributed by atoms with Crippen molar-refractivity contribution in [3.8, 4) is 0 Å². The van der Waals surface area contributed by atoms with Gasteiger partial charge in [0.05, 0.1) is 16.6 Å². The molecule has 0 aliphatic carbocycles. The lowest BCUT2D eigenvalue weighted by Crippen LogP contribution is -2.38. The maximum atomic E-state index is 12.9. The van der Waals surface area contributed by atoms with Gasteiger partial charge in [-0.15, -0.1) is 0 Å². The monoisotopic (exact) mass is 367 g/mol. The van der Waals surface area contributed by atoms with Gasteiger partial charge in [-0.3, -0.25) is 4.79 Å². The molecule has 0 saturated carbocycles. The SMILES string of the molecule is O=C(NCC1CNCC1O)c1ccccc1S(=O)(=O)N1CCCCC1. The van der Waals surface area contributed by atoms with E-state index in [2.05, 4.69) is 10.6 Å². The Morgan fingerprint density at radius 2 is 1.92 bits per heavy atom. The van der Waals surface area contributed by atoms with Gasteiger partial charge in [0.2, 0.25) is 10.0 Å². The number of amides is 1. The van der Waals surface area contributed by atoms with Crippen molar-refractivity contribution < 1.29 is 18.3 Å². The molecule has 2 fully saturated rings. The maximum Gasteiger partial charge on any atom is 0.252 e. The summed E-state index contributed by atoms with van der Waals surface area (Å²) in [6.07, 6.45) is 2.24. The Bertz CT molecular complexity index is 716. The van der Waals surface area contributed by atoms with Gasteiger partial charge in [0, 0.05) is 38.6 Å². The van der Waals surface area contributed by atoms with Gasteiger partial charge in [0.15, 0.2) is 0 Å². The third kappa shape index (κ3) is 4.03. The number of β-amino-alcohol motifs (C(OH)–C–C–N with tert-alkyl or cyclic N) is 1. The van der Waals surface area contributed by atoms with Crippen LogP contribution in [0.3, 0.4) is 0 Å². The van der Waals surface area contributed by atoms with Gasteiger partial charge in [-0.1, -0.05) is 18.6 Å². The first-order valence-electron chi connectivity index (χ1n) is 8.76. The van der Waals surface area contributed by atoms with Crippen LogP contribution >= 0.6 is 0 Å². The molecule has 0 bridgehead atoms. The van der Waals surface area contributed by atoms with E-state index in [-0.39, 0.29) is 16.4 Å². The number of nitrogens with zero attached hydrogens (tertiary/aromatic N) is 1. The quantitative estimate of drug-likeness (QED) is 0.689. The van der Waals surface area contributed by atoms with Crippen LogP contribution in [0.4, 0.5) is 0 Å². The summed E-state index contributed by atoms with van der Waals surface area (Å²) in [6, 6.07) is 6.33. The highest BCUT2D eigenvalue weighted by atomic mass is 32.2. The number of hydrogen-bond donors (Lipinski definition) is 3. The van der Waals surface area contributed by atoms with E-state index in [0.717, 1.165) is 19.3 Å². The standard InChI is InChI=1S/C17H25N3O4S/c21-15-12-18-10-13(15)11-19-17(22)14-6-2-3-7-16(14)25(23,24)20-8-4-1-5-9-20/h2-3,6-7,13,15,18,21H,1,4-5,8-12H2,(H,19,22). The van der Waals surface area contributed by atoms with Crippen LogP contribution in [0.5, 0.6) is 0 Å². The minimum absolute atomic E-state index is 0.0551. The molecule has 2 unspecified atom stereocenters. The summed E-state index contributed by atoms with van der Waals surface area (Å²) in [5, 5.41) is 15.6. The number of hydrogen-bond acceptors (Lipinski definition) is 5. The van der Waals surface area contributed by atoms with Crippen molar-refractivity contribution in [2.24, 2.45) is 5.92 Å². The second-order valence-corrected chi connectivity index (χ2v) is 8.56. The number of rotatable bonds is 5. The van der Waals surface area contributed by atoms with E-state index >= 15 is 0 Å². The molecule has 2 heterocycles. The molecule has 0 aromatic heterocycles. The van der Waals surface area contributed by atoms with E-state index < -0.39 is 22.0 Å². The van der Waals surface area contributed by atoms with Crippen molar-refractivity contribution >= 4 is 15.9 Å². The van der Waals surface area contributed by atoms with Crippen LogP contribution in [0.2, 0.25) is 0 Å². The van der Waals surface area contributed by atoms with Gasteiger partial charge in [0.25, 0.3) is 5.91 Å². The molecule has 2 atom stereocenters. The fourth-order valence-electron chi connectivity index (χ4n) is 3.37. The van der Waals surface area contributed by atoms with Crippen molar-refractivity contribution in [3.63, 3.8) is 0 Å². The van der Waals surface area contributed by atoms with E-state index in [9.17, 15) is 18.3 Å². The molecular formula is C17H25N3O4S. The van der Waals surface area contributed by atoms with Crippen LogP contribution in [-0.4, -0.2) is 62.6 Å². The number of aliphatic hydroxyl groups excluding tert-OH is 1. The van der Waals surface area contributed by atoms with Crippen molar-refractivity contribution in [3.05, 3.63) is 29.8 Å². The molecule has 0 spiro atoms. The summed E-state index contributed by atoms with van der Waals surface area (Å²) in [5.41, 5.74) is 0.161. The molecule has 138 valence electrons. The third-order valence-electron chi connectivity index (χ3n) is 4.89. The van der Waals surface area contributed by atoms with Gasteiger partial charge >= 0.3 is 0 Å². The fraction of sp³-hybridized carbons (Fsp3) is 0.588. The molecule has 2 aliphatic heterocycles. The molecular weight excluding hydrogens is 342 g/mol. The molecule has 2 saturated heterocycles. The molecule has 3 N–H and O–H groups in total. The predicted molar refractivity (Wildman–Crippen MR) is 93.8 cm³/mol. The Morgan fingerprint density at radius 3 is 2.60 bits per heavy atom. The average molecular weight is 367 g/mol. The van der Waals surface area contributed by atoms with Crippen molar-refractivity contribution in [2.75, 3.05) is 32.7 Å². The van der Waals surface area contributed by atoms with E-state index in [1.165, 1.54) is 16.4 Å². The van der Waals surface area contributed by atoms with Crippen LogP contribution < -0.4 is 10.6 Å². The maximum absolute atomic E-state index is 12.9. The second kappa shape index (κ2) is 7.82. The van der Waals surface area contributed by atoms with Crippen molar-refractivity contribution in [1.29, 1.82) is 0 Å². The smallest absolute Gasteiger partial charge is 0.252 e. The number of nitrogens with one attached hydrogen (secondary N) is 2. The number of sulfonamides is 1. The Hall–Kier alpha value is -1.48. The Balaban J connectivity index is 1.76. The number of benzene rings is 1. The fourth-order valence-corrected chi connectivity index (χ4v) is 5.08. The number of piperidine rings is 1. The summed E-state index contributed by atoms with van der Waals surface area (Å²) < 4.78 is 27.3. The molecule has 1 aromatic rings. The first kappa shape index (κ1) is 18.3. The van der Waals surface area contributed by atoms with Gasteiger partial charge in [-0.2, -0.15) is 4.31 Å². The van der Waals surface area contributed by atoms with Gasteiger partial charge in [0.1, 0.15) is 0 Å². The predicted octanol–water partition coefficient (Wildman–Crippen LogP) is 0.171. The van der Waals surface area contributed by atoms with E-state index in [0.29, 0.717) is 32.7 Å². The van der Waals surface area contributed by atoms with Crippen molar-refractivity contribution in [1.82, 2.24) is 14.9 Å². The van der Waals surface area contributed by atoms with Gasteiger partial charge in [-0.25, -0.2) is 8.42 Å². The highest BCUT2D eigenvalue weighted by Crippen LogP contribution is 2.23. The number of aliphatic hydroxyl groups is 1. The summed E-state index contributed by atoms with van der Waals surface area (Å²) >= 11 is 0. The molecule has 2 aliphatic rings. The molecule has 3 rings (SSSR count). The molecule has 1 aromatic carbocycles. The summed E-state index contributed by atoms with van der Waals surface area (Å²) in [6.45, 7) is 2.46. The minimum Gasteiger partial charge on any atom is -0.391 e. The van der Waals surface area contributed by atoms with Crippen LogP contribution in [0.25, 0.3) is 0 Å². The lowest BCUT2D eigenvalue weighted by atomic mass is 10.1. The third-order valence-corrected chi connectivity index (χ3v) is 6.85. The zero-order valence-corrected chi connectivity index (χ0v) is 15.0. The molecule has 25 heavy (non-hydrogen) atoms. The lowest BCUT2D eigenvalue weighted by molar-refractivity contribution is 0.0923. The molecule has 8 heteroatoms. The Morgan fingerprint density at radius 1 is 1.20 bits per heavy atom. The van der Waals surface area contributed by atoms with E-state index in [1.807, 2.05) is 0 Å². The zero-order chi connectivity index (χ0) is 17.9. The Kier molecular flexibility index (Phi) is 5.73. The van der Waals surface area contributed by atoms with Crippen LogP contribution in [0, 0.1) is 5.92 Å². The van der Waals surface area contributed by atoms with E-state index in [1.54, 1.807) is 12.1 Å². The second-order valence-electron chi connectivity index (χ2n) is 6.66. The van der Waals surface area contributed by atoms with Gasteiger partial charge < -0.3 is 15.7 Å². The van der Waals surface area contributed by atoms with E-state index in [4.69, 9.17) is 0 Å². The normalized spacial score (nSPS) is 25.0. The van der Waals surface area contributed by atoms with Crippen LogP contribution in [0.15, 0.2) is 29.2 Å². The van der Waals surface area contributed by atoms with Gasteiger partial charge in [-0.05, 0) is 25.0 Å². The summed E-state index contributed by atoms with van der Waals surface area (Å²) in [4.78, 5) is 12.6. The summed E-state index contributed by atoms with van der Waals surface area (Å²) in [5.74, 6) is -0.481. The Labute approximate surface area is 148 Å². The summed E-state index contributed by atoms with van der Waals surface area (Å²) in [7, 11) is -3.68. The minimum atomic E-state index is -3.68. The van der Waals surface area contributed by atoms with Crippen molar-refractivity contribution in [2.45, 2.75) is 30.3 Å². The molecule has 0 radical (unpaired) electrons. The highest BCUT2D eigenvalue weighted by molar-refractivity contribution is 7.89. The molecule has 1 amide bonds. The largest absolute Gasteiger partial charge is 0.391 e. The van der Waals surface area contributed by atoms with Crippen LogP contribution in [-0.2, 0) is 10.0 Å². The molecule has 7 nitrogen and oxygen atoms in total. The highest BCUT2D eigenvalue weighted by Gasteiger charge is 2.30. The number of carbonyl (C=O) groups is 1. The lowest BCUT2D eigenvalue weighted by Gasteiger charge is -2.26. The topological polar surface area (TPSA) is 98.7 Å². The zero-order valence-electron chi connectivity index (χ0n) is 14.1. The first-order chi connectivity index (χ1) is 12.0. The van der Waals surface area contributed by atoms with Crippen LogP contribution in [0.1, 0.15) is 29.6 Å².